The fraction of sp³-hybridized carbons (Fsp3) is 0.500. The van der Waals surface area contributed by atoms with E-state index < -0.39 is 0 Å². The first-order chi connectivity index (χ1) is 9.74. The van der Waals surface area contributed by atoms with E-state index in [1.165, 1.54) is 0 Å². The maximum atomic E-state index is 5.53. The summed E-state index contributed by atoms with van der Waals surface area (Å²) < 4.78 is 7.61. The molecule has 0 radical (unpaired) electrons. The average Bonchev–Trinajstić information content (AvgIpc) is 2.91. The number of aromatic nitrogens is 4. The van der Waals surface area contributed by atoms with Crippen LogP contribution in [0.25, 0.3) is 0 Å². The van der Waals surface area contributed by atoms with Crippen molar-refractivity contribution in [2.45, 2.75) is 39.3 Å². The molecule has 0 atom stereocenters. The fourth-order valence-corrected chi connectivity index (χ4v) is 1.77. The highest BCUT2D eigenvalue weighted by molar-refractivity contribution is 5.27. The highest BCUT2D eigenvalue weighted by Gasteiger charge is 2.01. The zero-order valence-corrected chi connectivity index (χ0v) is 12.0. The Morgan fingerprint density at radius 3 is 2.95 bits per heavy atom. The van der Waals surface area contributed by atoms with Crippen molar-refractivity contribution in [3.8, 4) is 5.88 Å². The molecule has 20 heavy (non-hydrogen) atoms. The van der Waals surface area contributed by atoms with Gasteiger partial charge < -0.3 is 14.6 Å². The van der Waals surface area contributed by atoms with Crippen LogP contribution in [0, 0.1) is 0 Å². The third-order valence-corrected chi connectivity index (χ3v) is 2.67. The highest BCUT2D eigenvalue weighted by atomic mass is 16.5. The summed E-state index contributed by atoms with van der Waals surface area (Å²) >= 11 is 0. The van der Waals surface area contributed by atoms with Crippen LogP contribution in [-0.2, 0) is 6.54 Å². The number of rotatable bonds is 8. The van der Waals surface area contributed by atoms with Crippen molar-refractivity contribution in [1.82, 2.24) is 19.5 Å². The van der Waals surface area contributed by atoms with Crippen molar-refractivity contribution in [2.75, 3.05) is 11.9 Å². The molecule has 0 saturated heterocycles. The molecule has 0 amide bonds. The van der Waals surface area contributed by atoms with Gasteiger partial charge in [-0.3, -0.25) is 0 Å². The van der Waals surface area contributed by atoms with Gasteiger partial charge in [-0.25, -0.2) is 9.97 Å². The molecule has 2 aromatic rings. The number of nitrogens with zero attached hydrogens (tertiary/aromatic N) is 4. The highest BCUT2D eigenvalue weighted by Crippen LogP contribution is 2.10. The SMILES string of the molecule is CC(C)Oc1ccnc(NCCCCn2ccnc2)n1. The van der Waals surface area contributed by atoms with E-state index in [0.717, 1.165) is 25.9 Å². The predicted octanol–water partition coefficient (Wildman–Crippen LogP) is 2.35. The first-order valence-corrected chi connectivity index (χ1v) is 6.93. The second-order valence-corrected chi connectivity index (χ2v) is 4.82. The van der Waals surface area contributed by atoms with E-state index in [2.05, 4.69) is 24.8 Å². The van der Waals surface area contributed by atoms with Crippen molar-refractivity contribution in [2.24, 2.45) is 0 Å². The van der Waals surface area contributed by atoms with Gasteiger partial charge >= 0.3 is 0 Å². The monoisotopic (exact) mass is 275 g/mol. The molecule has 0 aliphatic heterocycles. The summed E-state index contributed by atoms with van der Waals surface area (Å²) in [7, 11) is 0. The van der Waals surface area contributed by atoms with Gasteiger partial charge in [0, 0.05) is 37.7 Å². The lowest BCUT2D eigenvalue weighted by atomic mass is 10.3. The van der Waals surface area contributed by atoms with Crippen molar-refractivity contribution in [3.05, 3.63) is 31.0 Å². The first kappa shape index (κ1) is 14.3. The second kappa shape index (κ2) is 7.47. The number of ether oxygens (including phenoxy) is 1. The number of hydrogen-bond donors (Lipinski definition) is 1. The van der Waals surface area contributed by atoms with Gasteiger partial charge in [-0.05, 0) is 26.7 Å². The predicted molar refractivity (Wildman–Crippen MR) is 77.7 cm³/mol. The number of unbranched alkanes of at least 4 members (excludes halogenated alkanes) is 1. The Balaban J connectivity index is 1.68. The van der Waals surface area contributed by atoms with Gasteiger partial charge in [-0.1, -0.05) is 0 Å². The molecule has 6 heteroatoms. The quantitative estimate of drug-likeness (QED) is 0.749. The van der Waals surface area contributed by atoms with Crippen molar-refractivity contribution in [1.29, 1.82) is 0 Å². The number of imidazole rings is 1. The lowest BCUT2D eigenvalue weighted by molar-refractivity contribution is 0.232. The second-order valence-electron chi connectivity index (χ2n) is 4.82. The fourth-order valence-electron chi connectivity index (χ4n) is 1.77. The molecule has 2 aromatic heterocycles. The molecular formula is C14H21N5O. The largest absolute Gasteiger partial charge is 0.475 e. The number of nitrogens with one attached hydrogen (secondary N) is 1. The van der Waals surface area contributed by atoms with Crippen LogP contribution in [0.5, 0.6) is 5.88 Å². The van der Waals surface area contributed by atoms with E-state index in [1.54, 1.807) is 18.5 Å². The standard InChI is InChI=1S/C14H21N5O/c1-12(2)20-13-5-7-17-14(18-13)16-6-3-4-9-19-10-8-15-11-19/h5,7-8,10-12H,3-4,6,9H2,1-2H3,(H,16,17,18). The van der Waals surface area contributed by atoms with Gasteiger partial charge in [0.1, 0.15) is 0 Å². The number of aryl methyl sites for hydroxylation is 1. The number of anilines is 1. The lowest BCUT2D eigenvalue weighted by Crippen LogP contribution is -2.10. The van der Waals surface area contributed by atoms with Crippen molar-refractivity contribution < 1.29 is 4.74 Å². The van der Waals surface area contributed by atoms with E-state index in [9.17, 15) is 0 Å². The maximum Gasteiger partial charge on any atom is 0.225 e. The molecule has 0 aromatic carbocycles. The summed E-state index contributed by atoms with van der Waals surface area (Å²) in [5.74, 6) is 1.22. The molecular weight excluding hydrogens is 254 g/mol. The number of hydrogen-bond acceptors (Lipinski definition) is 5. The minimum atomic E-state index is 0.118. The molecule has 0 aliphatic carbocycles. The molecule has 0 spiro atoms. The van der Waals surface area contributed by atoms with Crippen LogP contribution in [0.2, 0.25) is 0 Å². The maximum absolute atomic E-state index is 5.53. The van der Waals surface area contributed by atoms with Gasteiger partial charge in [0.2, 0.25) is 11.8 Å². The van der Waals surface area contributed by atoms with E-state index in [1.807, 2.05) is 26.4 Å². The Hall–Kier alpha value is -2.11. The van der Waals surface area contributed by atoms with Gasteiger partial charge in [-0.15, -0.1) is 0 Å². The topological polar surface area (TPSA) is 64.9 Å². The van der Waals surface area contributed by atoms with Crippen LogP contribution in [0.15, 0.2) is 31.0 Å². The third-order valence-electron chi connectivity index (χ3n) is 2.67. The van der Waals surface area contributed by atoms with Crippen LogP contribution >= 0.6 is 0 Å². The molecule has 2 rings (SSSR count). The van der Waals surface area contributed by atoms with Crippen molar-refractivity contribution in [3.63, 3.8) is 0 Å². The smallest absolute Gasteiger partial charge is 0.225 e. The molecule has 1 N–H and O–H groups in total. The van der Waals surface area contributed by atoms with Gasteiger partial charge in [0.05, 0.1) is 12.4 Å². The minimum Gasteiger partial charge on any atom is -0.475 e. The van der Waals surface area contributed by atoms with Crippen LogP contribution in [0.4, 0.5) is 5.95 Å². The molecule has 0 fully saturated rings. The Morgan fingerprint density at radius 2 is 2.20 bits per heavy atom. The Bertz CT molecular complexity index is 498. The molecule has 0 unspecified atom stereocenters. The molecule has 2 heterocycles. The van der Waals surface area contributed by atoms with E-state index in [0.29, 0.717) is 11.8 Å². The summed E-state index contributed by atoms with van der Waals surface area (Å²) in [6, 6.07) is 1.77. The first-order valence-electron chi connectivity index (χ1n) is 6.93. The lowest BCUT2D eigenvalue weighted by Gasteiger charge is -2.10. The minimum absolute atomic E-state index is 0.118. The average molecular weight is 275 g/mol. The van der Waals surface area contributed by atoms with Crippen molar-refractivity contribution >= 4 is 5.95 Å². The summed E-state index contributed by atoms with van der Waals surface area (Å²) in [6.07, 6.45) is 9.58. The van der Waals surface area contributed by atoms with E-state index >= 15 is 0 Å². The molecule has 0 saturated carbocycles. The zero-order chi connectivity index (χ0) is 14.2. The van der Waals surface area contributed by atoms with Crippen LogP contribution in [0.1, 0.15) is 26.7 Å². The van der Waals surface area contributed by atoms with Gasteiger partial charge in [0.15, 0.2) is 0 Å². The van der Waals surface area contributed by atoms with Crippen LogP contribution in [-0.4, -0.2) is 32.2 Å². The van der Waals surface area contributed by atoms with Gasteiger partial charge in [0.25, 0.3) is 0 Å². The summed E-state index contributed by atoms with van der Waals surface area (Å²) in [5, 5.41) is 3.21. The van der Waals surface area contributed by atoms with E-state index in [4.69, 9.17) is 4.74 Å². The summed E-state index contributed by atoms with van der Waals surface area (Å²) in [6.45, 7) is 5.79. The molecule has 0 bridgehead atoms. The van der Waals surface area contributed by atoms with Crippen LogP contribution < -0.4 is 10.1 Å². The third kappa shape index (κ3) is 4.87. The zero-order valence-electron chi connectivity index (χ0n) is 12.0. The normalized spacial score (nSPS) is 10.8. The Morgan fingerprint density at radius 1 is 1.30 bits per heavy atom. The molecule has 6 nitrogen and oxygen atoms in total. The summed E-state index contributed by atoms with van der Waals surface area (Å²) in [4.78, 5) is 12.5. The molecule has 108 valence electrons. The molecule has 0 aliphatic rings. The Labute approximate surface area is 119 Å². The summed E-state index contributed by atoms with van der Waals surface area (Å²) in [5.41, 5.74) is 0. The van der Waals surface area contributed by atoms with Gasteiger partial charge in [-0.2, -0.15) is 4.98 Å². The Kier molecular flexibility index (Phi) is 5.34. The van der Waals surface area contributed by atoms with E-state index in [-0.39, 0.29) is 6.10 Å². The van der Waals surface area contributed by atoms with Crippen LogP contribution in [0.3, 0.4) is 0 Å².